The number of esters is 1. The van der Waals surface area contributed by atoms with Gasteiger partial charge in [-0.15, -0.1) is 0 Å². The minimum atomic E-state index is -0.822. The minimum Gasteiger partial charge on any atom is -0.477 e. The van der Waals surface area contributed by atoms with Crippen LogP contribution < -0.4 is 0 Å². The van der Waals surface area contributed by atoms with Crippen molar-refractivity contribution in [2.75, 3.05) is 27.2 Å². The van der Waals surface area contributed by atoms with Gasteiger partial charge in [-0.05, 0) is 12.8 Å². The Bertz CT molecular complexity index is 437. The van der Waals surface area contributed by atoms with E-state index in [0.717, 1.165) is 19.3 Å². The fourth-order valence-corrected chi connectivity index (χ4v) is 4.01. The van der Waals surface area contributed by atoms with Gasteiger partial charge in [0.15, 0.2) is 12.6 Å². The normalized spacial score (nSPS) is 12.7. The van der Waals surface area contributed by atoms with Gasteiger partial charge in [-0.25, -0.2) is 4.79 Å². The molecule has 0 radical (unpaired) electrons. The highest BCUT2D eigenvalue weighted by atomic mass is 16.5. The molecule has 0 spiro atoms. The van der Waals surface area contributed by atoms with Crippen LogP contribution in [0.3, 0.4) is 0 Å². The largest absolute Gasteiger partial charge is 0.477 e. The van der Waals surface area contributed by atoms with Crippen LogP contribution in [0.25, 0.3) is 0 Å². The average molecular weight is 429 g/mol. The standard InChI is InChI=1S/C25H49NO4/c1-5-7-8-9-10-11-12-13-14-15-16-17-18-19-20-23(30-25(29)6-2)21-26(3,4)22-24(27)28/h23H,5-22H2,1-4H3/p+1. The Kier molecular flexibility index (Phi) is 18.0. The minimum absolute atomic E-state index is 0.0406. The lowest BCUT2D eigenvalue weighted by Gasteiger charge is -2.31. The Morgan fingerprint density at radius 1 is 0.767 bits per heavy atom. The molecular formula is C25H50NO4+. The van der Waals surface area contributed by atoms with Gasteiger partial charge in [0.05, 0.1) is 14.1 Å². The molecule has 0 aromatic heterocycles. The molecule has 0 fully saturated rings. The van der Waals surface area contributed by atoms with Gasteiger partial charge in [0.25, 0.3) is 0 Å². The van der Waals surface area contributed by atoms with Gasteiger partial charge >= 0.3 is 11.9 Å². The highest BCUT2D eigenvalue weighted by Gasteiger charge is 2.26. The number of rotatable bonds is 21. The lowest BCUT2D eigenvalue weighted by atomic mass is 10.0. The van der Waals surface area contributed by atoms with E-state index in [4.69, 9.17) is 9.84 Å². The van der Waals surface area contributed by atoms with Crippen LogP contribution in [-0.2, 0) is 14.3 Å². The smallest absolute Gasteiger partial charge is 0.359 e. The van der Waals surface area contributed by atoms with Crippen molar-refractivity contribution in [1.82, 2.24) is 0 Å². The van der Waals surface area contributed by atoms with Gasteiger partial charge in [0, 0.05) is 6.42 Å². The lowest BCUT2D eigenvalue weighted by Crippen LogP contribution is -2.49. The number of hydrogen-bond acceptors (Lipinski definition) is 3. The summed E-state index contributed by atoms with van der Waals surface area (Å²) in [4.78, 5) is 22.8. The molecule has 0 aromatic rings. The summed E-state index contributed by atoms with van der Waals surface area (Å²) in [6.07, 6.45) is 19.5. The highest BCUT2D eigenvalue weighted by molar-refractivity contribution is 5.69. The molecule has 0 aliphatic rings. The van der Waals surface area contributed by atoms with Gasteiger partial charge in [-0.1, -0.05) is 97.3 Å². The zero-order valence-corrected chi connectivity index (χ0v) is 20.4. The zero-order valence-electron chi connectivity index (χ0n) is 20.4. The molecule has 5 heteroatoms. The maximum Gasteiger partial charge on any atom is 0.359 e. The molecule has 0 rings (SSSR count). The van der Waals surface area contributed by atoms with Crippen LogP contribution in [0, 0.1) is 0 Å². The second kappa shape index (κ2) is 18.7. The number of ether oxygens (including phenoxy) is 1. The molecule has 0 bridgehead atoms. The predicted molar refractivity (Wildman–Crippen MR) is 125 cm³/mol. The fourth-order valence-electron chi connectivity index (χ4n) is 4.01. The van der Waals surface area contributed by atoms with E-state index in [-0.39, 0.29) is 18.6 Å². The molecule has 0 amide bonds. The van der Waals surface area contributed by atoms with Crippen molar-refractivity contribution in [1.29, 1.82) is 0 Å². The van der Waals surface area contributed by atoms with Crippen molar-refractivity contribution in [3.63, 3.8) is 0 Å². The predicted octanol–water partition coefficient (Wildman–Crippen LogP) is 6.34. The summed E-state index contributed by atoms with van der Waals surface area (Å²) in [6.45, 7) is 4.65. The van der Waals surface area contributed by atoms with Crippen molar-refractivity contribution in [3.05, 3.63) is 0 Å². The number of carbonyl (C=O) groups excluding carboxylic acids is 1. The SMILES string of the molecule is CCCCCCCCCCCCCCCCC(C[N+](C)(C)CC(=O)O)OC(=O)CC. The quantitative estimate of drug-likeness (QED) is 0.132. The average Bonchev–Trinajstić information content (AvgIpc) is 2.66. The second-order valence-electron chi connectivity index (χ2n) is 9.52. The lowest BCUT2D eigenvalue weighted by molar-refractivity contribution is -0.886. The number of likely N-dealkylation sites (N-methyl/N-ethyl adjacent to an activating group) is 1. The third-order valence-electron chi connectivity index (χ3n) is 5.73. The monoisotopic (exact) mass is 428 g/mol. The first-order valence-corrected chi connectivity index (χ1v) is 12.5. The Labute approximate surface area is 186 Å². The summed E-state index contributed by atoms with van der Waals surface area (Å²) < 4.78 is 5.91. The molecule has 1 unspecified atom stereocenters. The Morgan fingerprint density at radius 2 is 1.20 bits per heavy atom. The van der Waals surface area contributed by atoms with E-state index in [1.54, 1.807) is 6.92 Å². The summed E-state index contributed by atoms with van der Waals surface area (Å²) in [6, 6.07) is 0. The first kappa shape index (κ1) is 28.9. The third-order valence-corrected chi connectivity index (χ3v) is 5.73. The van der Waals surface area contributed by atoms with E-state index in [9.17, 15) is 9.59 Å². The Morgan fingerprint density at radius 3 is 1.60 bits per heavy atom. The second-order valence-corrected chi connectivity index (χ2v) is 9.52. The van der Waals surface area contributed by atoms with Gasteiger partial charge < -0.3 is 14.3 Å². The van der Waals surface area contributed by atoms with Crippen molar-refractivity contribution in [2.45, 2.75) is 123 Å². The van der Waals surface area contributed by atoms with Gasteiger partial charge in [-0.3, -0.25) is 4.79 Å². The van der Waals surface area contributed by atoms with Gasteiger partial charge in [0.2, 0.25) is 0 Å². The first-order chi connectivity index (χ1) is 14.3. The van der Waals surface area contributed by atoms with Crippen LogP contribution in [0.5, 0.6) is 0 Å². The Balaban J connectivity index is 3.83. The molecule has 0 heterocycles. The summed E-state index contributed by atoms with van der Waals surface area (Å²) in [5.41, 5.74) is 0. The van der Waals surface area contributed by atoms with Crippen molar-refractivity contribution in [3.8, 4) is 0 Å². The number of quaternary nitrogens is 1. The van der Waals surface area contributed by atoms with Crippen molar-refractivity contribution < 1.29 is 23.9 Å². The number of nitrogens with zero attached hydrogens (tertiary/aromatic N) is 1. The summed E-state index contributed by atoms with van der Waals surface area (Å²) >= 11 is 0. The zero-order chi connectivity index (χ0) is 22.7. The Hall–Kier alpha value is -1.10. The van der Waals surface area contributed by atoms with Gasteiger partial charge in [-0.2, -0.15) is 0 Å². The molecule has 0 saturated heterocycles. The van der Waals surface area contributed by atoms with Crippen molar-refractivity contribution in [2.24, 2.45) is 0 Å². The van der Waals surface area contributed by atoms with Crippen molar-refractivity contribution >= 4 is 11.9 Å². The molecule has 5 nitrogen and oxygen atoms in total. The number of carbonyl (C=O) groups is 2. The fraction of sp³-hybridized carbons (Fsp3) is 0.920. The number of hydrogen-bond donors (Lipinski definition) is 1. The number of aliphatic carboxylic acids is 1. The molecule has 30 heavy (non-hydrogen) atoms. The first-order valence-electron chi connectivity index (χ1n) is 12.5. The van der Waals surface area contributed by atoms with Crippen LogP contribution >= 0.6 is 0 Å². The highest BCUT2D eigenvalue weighted by Crippen LogP contribution is 2.16. The molecule has 178 valence electrons. The van der Waals surface area contributed by atoms with Crippen LogP contribution in [0.2, 0.25) is 0 Å². The molecule has 0 aromatic carbocycles. The van der Waals surface area contributed by atoms with Gasteiger partial charge in [0.1, 0.15) is 6.54 Å². The maximum atomic E-state index is 11.7. The van der Waals surface area contributed by atoms with E-state index in [1.165, 1.54) is 77.0 Å². The van der Waals surface area contributed by atoms with Crippen LogP contribution in [0.1, 0.15) is 117 Å². The van der Waals surface area contributed by atoms with E-state index >= 15 is 0 Å². The topological polar surface area (TPSA) is 63.6 Å². The van der Waals surface area contributed by atoms with Crippen LogP contribution in [-0.4, -0.2) is 54.8 Å². The summed E-state index contributed by atoms with van der Waals surface area (Å²) in [5, 5.41) is 9.07. The molecule has 1 atom stereocenters. The van der Waals surface area contributed by atoms with E-state index in [1.807, 2.05) is 14.1 Å². The molecule has 0 aliphatic heterocycles. The number of carboxylic acid groups (broad SMARTS) is 1. The van der Waals surface area contributed by atoms with E-state index in [2.05, 4.69) is 6.92 Å². The summed E-state index contributed by atoms with van der Waals surface area (Å²) in [5.74, 6) is -1.02. The number of carboxylic acids is 1. The van der Waals surface area contributed by atoms with E-state index < -0.39 is 5.97 Å². The van der Waals surface area contributed by atoms with Crippen LogP contribution in [0.4, 0.5) is 0 Å². The third kappa shape index (κ3) is 18.9. The maximum absolute atomic E-state index is 11.7. The molecule has 1 N–H and O–H groups in total. The number of unbranched alkanes of at least 4 members (excludes halogenated alkanes) is 13. The molecule has 0 saturated carbocycles. The molecule has 0 aliphatic carbocycles. The molecular weight excluding hydrogens is 378 g/mol. The van der Waals surface area contributed by atoms with Crippen LogP contribution in [0.15, 0.2) is 0 Å². The summed E-state index contributed by atoms with van der Waals surface area (Å²) in [7, 11) is 3.76. The van der Waals surface area contributed by atoms with E-state index in [0.29, 0.717) is 17.4 Å².